The van der Waals surface area contributed by atoms with Crippen molar-refractivity contribution in [3.8, 4) is 0 Å². The molecule has 1 amide bonds. The number of nitrogens with zero attached hydrogens (tertiary/aromatic N) is 3. The van der Waals surface area contributed by atoms with Crippen LogP contribution >= 0.6 is 0 Å². The fraction of sp³-hybridized carbons (Fsp3) is 0.667. The summed E-state index contributed by atoms with van der Waals surface area (Å²) in [6, 6.07) is 0. The van der Waals surface area contributed by atoms with E-state index in [4.69, 9.17) is 5.11 Å². The highest BCUT2D eigenvalue weighted by atomic mass is 19.3. The molecule has 3 rings (SSSR count). The summed E-state index contributed by atoms with van der Waals surface area (Å²) in [6.45, 7) is 0.226. The van der Waals surface area contributed by atoms with Gasteiger partial charge in [0.15, 0.2) is 0 Å². The predicted molar refractivity (Wildman–Crippen MR) is 63.5 cm³/mol. The number of alkyl halides is 2. The van der Waals surface area contributed by atoms with Crippen molar-refractivity contribution in [2.24, 2.45) is 0 Å². The Morgan fingerprint density at radius 2 is 2.20 bits per heavy atom. The third kappa shape index (κ3) is 2.04. The molecule has 1 atom stereocenters. The van der Waals surface area contributed by atoms with Crippen molar-refractivity contribution >= 4 is 6.09 Å². The maximum absolute atomic E-state index is 14.2. The summed E-state index contributed by atoms with van der Waals surface area (Å²) in [7, 11) is 0. The maximum atomic E-state index is 14.2. The Hall–Kier alpha value is -1.70. The van der Waals surface area contributed by atoms with Crippen LogP contribution < -0.4 is 0 Å². The molecule has 0 fully saturated rings. The molecule has 110 valence electrons. The molecule has 8 heteroatoms. The third-order valence-corrected chi connectivity index (χ3v) is 3.89. The minimum atomic E-state index is -3.08. The van der Waals surface area contributed by atoms with Gasteiger partial charge in [0.2, 0.25) is 0 Å². The van der Waals surface area contributed by atoms with Gasteiger partial charge < -0.3 is 15.1 Å². The van der Waals surface area contributed by atoms with E-state index in [1.54, 1.807) is 0 Å². The van der Waals surface area contributed by atoms with E-state index in [9.17, 15) is 18.7 Å². The SMILES string of the molecule is O=C(O)N1CCc2nn3c(c2C1)C(F)(F)CC[C@H](O)C3. The molecule has 0 saturated heterocycles. The Morgan fingerprint density at radius 3 is 2.90 bits per heavy atom. The molecule has 0 bridgehead atoms. The number of hydrogen-bond donors (Lipinski definition) is 2. The summed E-state index contributed by atoms with van der Waals surface area (Å²) in [5.41, 5.74) is 0.596. The number of fused-ring (bicyclic) bond motifs is 3. The molecule has 20 heavy (non-hydrogen) atoms. The number of aromatic nitrogens is 2. The highest BCUT2D eigenvalue weighted by Gasteiger charge is 2.43. The molecule has 0 saturated carbocycles. The van der Waals surface area contributed by atoms with E-state index in [0.29, 0.717) is 17.7 Å². The van der Waals surface area contributed by atoms with Crippen molar-refractivity contribution in [2.45, 2.75) is 44.4 Å². The van der Waals surface area contributed by atoms with Gasteiger partial charge in [0.05, 0.1) is 24.9 Å². The third-order valence-electron chi connectivity index (χ3n) is 3.89. The van der Waals surface area contributed by atoms with Crippen molar-refractivity contribution in [3.05, 3.63) is 17.0 Å². The lowest BCUT2D eigenvalue weighted by Crippen LogP contribution is -2.35. The highest BCUT2D eigenvalue weighted by molar-refractivity contribution is 5.65. The number of halogens is 2. The van der Waals surface area contributed by atoms with Gasteiger partial charge in [0, 0.05) is 24.9 Å². The second-order valence-electron chi connectivity index (χ2n) is 5.31. The van der Waals surface area contributed by atoms with Gasteiger partial charge >= 0.3 is 6.09 Å². The summed E-state index contributed by atoms with van der Waals surface area (Å²) >= 11 is 0. The van der Waals surface area contributed by atoms with E-state index in [-0.39, 0.29) is 31.7 Å². The smallest absolute Gasteiger partial charge is 0.407 e. The summed E-state index contributed by atoms with van der Waals surface area (Å²) in [6.07, 6.45) is -2.08. The molecule has 0 unspecified atom stereocenters. The monoisotopic (exact) mass is 287 g/mol. The van der Waals surface area contributed by atoms with Crippen LogP contribution in [0, 0.1) is 0 Å². The molecule has 2 aliphatic rings. The van der Waals surface area contributed by atoms with Gasteiger partial charge in [-0.15, -0.1) is 0 Å². The average molecular weight is 287 g/mol. The quantitative estimate of drug-likeness (QED) is 0.750. The second kappa shape index (κ2) is 4.41. The number of aliphatic hydroxyl groups excluding tert-OH is 1. The Kier molecular flexibility index (Phi) is 2.93. The fourth-order valence-electron chi connectivity index (χ4n) is 2.89. The Bertz CT molecular complexity index is 558. The number of aliphatic hydroxyl groups is 1. The van der Waals surface area contributed by atoms with Gasteiger partial charge in [0.25, 0.3) is 5.92 Å². The summed E-state index contributed by atoms with van der Waals surface area (Å²) in [5, 5.41) is 22.8. The number of carboxylic acid groups (broad SMARTS) is 1. The van der Waals surface area contributed by atoms with Crippen LogP contribution in [0.2, 0.25) is 0 Å². The zero-order valence-electron chi connectivity index (χ0n) is 10.7. The van der Waals surface area contributed by atoms with Crippen LogP contribution in [0.5, 0.6) is 0 Å². The molecule has 0 radical (unpaired) electrons. The molecule has 0 aliphatic carbocycles. The van der Waals surface area contributed by atoms with Crippen LogP contribution in [0.1, 0.15) is 29.8 Å². The van der Waals surface area contributed by atoms with Gasteiger partial charge in [-0.3, -0.25) is 4.68 Å². The zero-order chi connectivity index (χ0) is 14.5. The Balaban J connectivity index is 2.06. The molecule has 0 aromatic carbocycles. The average Bonchev–Trinajstić information content (AvgIpc) is 2.68. The van der Waals surface area contributed by atoms with Crippen LogP contribution in [-0.4, -0.2) is 43.6 Å². The van der Waals surface area contributed by atoms with Crippen LogP contribution in [0.25, 0.3) is 0 Å². The van der Waals surface area contributed by atoms with Crippen LogP contribution in [0.4, 0.5) is 13.6 Å². The van der Waals surface area contributed by atoms with E-state index in [1.807, 2.05) is 0 Å². The molecule has 1 aromatic heterocycles. The lowest BCUT2D eigenvalue weighted by Gasteiger charge is -2.25. The predicted octanol–water partition coefficient (Wildman–Crippen LogP) is 1.17. The summed E-state index contributed by atoms with van der Waals surface area (Å²) in [4.78, 5) is 12.1. The van der Waals surface area contributed by atoms with Crippen LogP contribution in [0.15, 0.2) is 0 Å². The Morgan fingerprint density at radius 1 is 1.45 bits per heavy atom. The van der Waals surface area contributed by atoms with Crippen LogP contribution in [0.3, 0.4) is 0 Å². The molecular weight excluding hydrogens is 272 g/mol. The minimum absolute atomic E-state index is 0.00772. The first kappa shape index (κ1) is 13.3. The minimum Gasteiger partial charge on any atom is -0.465 e. The normalized spacial score (nSPS) is 24.8. The molecular formula is C12H15F2N3O3. The largest absolute Gasteiger partial charge is 0.465 e. The Labute approximate surface area is 113 Å². The number of amides is 1. The highest BCUT2D eigenvalue weighted by Crippen LogP contribution is 2.40. The fourth-order valence-corrected chi connectivity index (χ4v) is 2.89. The van der Waals surface area contributed by atoms with E-state index in [2.05, 4.69) is 5.10 Å². The molecule has 6 nitrogen and oxygen atoms in total. The summed E-state index contributed by atoms with van der Waals surface area (Å²) < 4.78 is 29.6. The van der Waals surface area contributed by atoms with Gasteiger partial charge in [-0.05, 0) is 6.42 Å². The molecule has 1 aromatic rings. The van der Waals surface area contributed by atoms with Gasteiger partial charge in [-0.2, -0.15) is 13.9 Å². The number of carbonyl (C=O) groups is 1. The van der Waals surface area contributed by atoms with E-state index in [0.717, 1.165) is 9.58 Å². The standard InChI is InChI=1S/C12H15F2N3O3/c13-12(14)3-1-7(18)5-17-10(12)8-6-16(11(19)20)4-2-9(8)15-17/h7,18H,1-6H2,(H,19,20)/t7-/m0/s1. The topological polar surface area (TPSA) is 78.6 Å². The lowest BCUT2D eigenvalue weighted by atomic mass is 10.00. The van der Waals surface area contributed by atoms with E-state index >= 15 is 0 Å². The van der Waals surface area contributed by atoms with Crippen LogP contribution in [-0.2, 0) is 25.4 Å². The van der Waals surface area contributed by atoms with Gasteiger partial charge in [-0.25, -0.2) is 4.79 Å². The number of rotatable bonds is 0. The maximum Gasteiger partial charge on any atom is 0.407 e. The van der Waals surface area contributed by atoms with Gasteiger partial charge in [-0.1, -0.05) is 0 Å². The molecule has 3 heterocycles. The molecule has 2 N–H and O–H groups in total. The first-order valence-electron chi connectivity index (χ1n) is 6.51. The van der Waals surface area contributed by atoms with E-state index in [1.165, 1.54) is 0 Å². The van der Waals surface area contributed by atoms with E-state index < -0.39 is 24.5 Å². The molecule has 2 aliphatic heterocycles. The molecule has 0 spiro atoms. The van der Waals surface area contributed by atoms with Crippen molar-refractivity contribution in [2.75, 3.05) is 6.54 Å². The van der Waals surface area contributed by atoms with Crippen molar-refractivity contribution < 1.29 is 23.8 Å². The first-order chi connectivity index (χ1) is 9.38. The second-order valence-corrected chi connectivity index (χ2v) is 5.31. The first-order valence-corrected chi connectivity index (χ1v) is 6.51. The van der Waals surface area contributed by atoms with Gasteiger partial charge in [0.1, 0.15) is 5.69 Å². The van der Waals surface area contributed by atoms with Crippen molar-refractivity contribution in [1.82, 2.24) is 14.7 Å². The van der Waals surface area contributed by atoms with Crippen molar-refractivity contribution in [1.29, 1.82) is 0 Å². The summed E-state index contributed by atoms with van der Waals surface area (Å²) in [5.74, 6) is -3.08. The number of hydrogen-bond acceptors (Lipinski definition) is 3. The lowest BCUT2D eigenvalue weighted by molar-refractivity contribution is -0.0250. The zero-order valence-corrected chi connectivity index (χ0v) is 10.7. The van der Waals surface area contributed by atoms with Crippen molar-refractivity contribution in [3.63, 3.8) is 0 Å².